The van der Waals surface area contributed by atoms with Crippen molar-refractivity contribution >= 4 is 11.7 Å². The predicted molar refractivity (Wildman–Crippen MR) is 64.0 cm³/mol. The van der Waals surface area contributed by atoms with Crippen molar-refractivity contribution in [3.63, 3.8) is 0 Å². The average molecular weight is 262 g/mol. The summed E-state index contributed by atoms with van der Waals surface area (Å²) in [6.07, 6.45) is 3.92. The van der Waals surface area contributed by atoms with Crippen LogP contribution in [0.4, 0.5) is 5.69 Å². The zero-order valence-corrected chi connectivity index (χ0v) is 10.0. The molecule has 0 aliphatic carbocycles. The first kappa shape index (κ1) is 12.7. The van der Waals surface area contributed by atoms with E-state index >= 15 is 0 Å². The third-order valence-corrected chi connectivity index (χ3v) is 2.27. The lowest BCUT2D eigenvalue weighted by Gasteiger charge is -1.99. The molecule has 0 bridgehead atoms. The van der Waals surface area contributed by atoms with Crippen LogP contribution in [0, 0.1) is 10.1 Å². The lowest BCUT2D eigenvalue weighted by Crippen LogP contribution is -2.03. The van der Waals surface area contributed by atoms with Crippen LogP contribution < -0.4 is 0 Å². The Morgan fingerprint density at radius 2 is 2.26 bits per heavy atom. The smallest absolute Gasteiger partial charge is 0.341 e. The van der Waals surface area contributed by atoms with E-state index in [0.29, 0.717) is 11.4 Å². The lowest BCUT2D eigenvalue weighted by atomic mass is 10.4. The molecule has 0 aliphatic rings. The SMILES string of the molecule is CCOC(=O)c1cnn(-c2ccc([N+](=O)[O-])cn2)c1. The summed E-state index contributed by atoms with van der Waals surface area (Å²) in [6, 6.07) is 2.76. The molecule has 2 aromatic heterocycles. The van der Waals surface area contributed by atoms with Crippen LogP contribution in [0.3, 0.4) is 0 Å². The number of carbonyl (C=O) groups is 1. The zero-order valence-electron chi connectivity index (χ0n) is 10.0. The number of pyridine rings is 1. The first-order valence-electron chi connectivity index (χ1n) is 5.44. The van der Waals surface area contributed by atoms with Gasteiger partial charge in [-0.2, -0.15) is 5.10 Å². The molecule has 0 aromatic carbocycles. The summed E-state index contributed by atoms with van der Waals surface area (Å²) in [5, 5.41) is 14.4. The number of aromatic nitrogens is 3. The second-order valence-corrected chi connectivity index (χ2v) is 3.53. The maximum atomic E-state index is 11.4. The van der Waals surface area contributed by atoms with Gasteiger partial charge in [-0.3, -0.25) is 10.1 Å². The molecule has 2 aromatic rings. The summed E-state index contributed by atoms with van der Waals surface area (Å²) >= 11 is 0. The van der Waals surface area contributed by atoms with Gasteiger partial charge in [0, 0.05) is 12.3 Å². The fraction of sp³-hybridized carbons (Fsp3) is 0.182. The minimum Gasteiger partial charge on any atom is -0.462 e. The van der Waals surface area contributed by atoms with Gasteiger partial charge in [-0.15, -0.1) is 0 Å². The quantitative estimate of drug-likeness (QED) is 0.468. The Morgan fingerprint density at radius 1 is 1.47 bits per heavy atom. The summed E-state index contributed by atoms with van der Waals surface area (Å²) in [5.41, 5.74) is 0.184. The Hall–Kier alpha value is -2.77. The van der Waals surface area contributed by atoms with Crippen LogP contribution in [-0.2, 0) is 4.74 Å². The van der Waals surface area contributed by atoms with Gasteiger partial charge in [0.15, 0.2) is 5.82 Å². The van der Waals surface area contributed by atoms with E-state index in [-0.39, 0.29) is 12.3 Å². The normalized spacial score (nSPS) is 10.2. The highest BCUT2D eigenvalue weighted by Gasteiger charge is 2.11. The summed E-state index contributed by atoms with van der Waals surface area (Å²) < 4.78 is 6.17. The Morgan fingerprint density at radius 3 is 2.84 bits per heavy atom. The molecular weight excluding hydrogens is 252 g/mol. The summed E-state index contributed by atoms with van der Waals surface area (Å²) in [7, 11) is 0. The maximum absolute atomic E-state index is 11.4. The zero-order chi connectivity index (χ0) is 13.8. The van der Waals surface area contributed by atoms with Crippen LogP contribution in [-0.4, -0.2) is 32.3 Å². The molecule has 0 amide bonds. The van der Waals surface area contributed by atoms with E-state index in [0.717, 1.165) is 6.20 Å². The van der Waals surface area contributed by atoms with Gasteiger partial charge in [-0.25, -0.2) is 14.5 Å². The topological polar surface area (TPSA) is 100 Å². The molecule has 0 unspecified atom stereocenters. The number of ether oxygens (including phenoxy) is 1. The molecule has 0 spiro atoms. The molecule has 0 saturated heterocycles. The van der Waals surface area contributed by atoms with Gasteiger partial charge in [0.05, 0.1) is 23.3 Å². The molecule has 2 rings (SSSR count). The molecule has 8 heteroatoms. The van der Waals surface area contributed by atoms with Gasteiger partial charge in [0.1, 0.15) is 6.20 Å². The predicted octanol–water partition coefficient (Wildman–Crippen LogP) is 1.35. The van der Waals surface area contributed by atoms with Crippen LogP contribution in [0.25, 0.3) is 5.82 Å². The lowest BCUT2D eigenvalue weighted by molar-refractivity contribution is -0.385. The molecule has 8 nitrogen and oxygen atoms in total. The monoisotopic (exact) mass is 262 g/mol. The highest BCUT2D eigenvalue weighted by molar-refractivity contribution is 5.88. The second kappa shape index (κ2) is 5.25. The van der Waals surface area contributed by atoms with Crippen molar-refractivity contribution in [3.05, 3.63) is 46.4 Å². The van der Waals surface area contributed by atoms with E-state index in [1.807, 2.05) is 0 Å². The molecule has 0 fully saturated rings. The average Bonchev–Trinajstić information content (AvgIpc) is 2.89. The number of hydrogen-bond donors (Lipinski definition) is 0. The van der Waals surface area contributed by atoms with Crippen LogP contribution in [0.15, 0.2) is 30.7 Å². The van der Waals surface area contributed by atoms with Gasteiger partial charge >= 0.3 is 5.97 Å². The van der Waals surface area contributed by atoms with E-state index in [2.05, 4.69) is 10.1 Å². The second-order valence-electron chi connectivity index (χ2n) is 3.53. The van der Waals surface area contributed by atoms with Crippen LogP contribution >= 0.6 is 0 Å². The third-order valence-electron chi connectivity index (χ3n) is 2.27. The van der Waals surface area contributed by atoms with E-state index in [4.69, 9.17) is 4.74 Å². The number of hydrogen-bond acceptors (Lipinski definition) is 6. The van der Waals surface area contributed by atoms with Gasteiger partial charge in [-0.1, -0.05) is 0 Å². The van der Waals surface area contributed by atoms with Crippen molar-refractivity contribution in [1.29, 1.82) is 0 Å². The minimum atomic E-state index is -0.538. The van der Waals surface area contributed by atoms with Crippen molar-refractivity contribution in [2.24, 2.45) is 0 Å². The first-order valence-corrected chi connectivity index (χ1v) is 5.44. The Kier molecular flexibility index (Phi) is 3.51. The number of nitrogens with zero attached hydrogens (tertiary/aromatic N) is 4. The maximum Gasteiger partial charge on any atom is 0.341 e. The van der Waals surface area contributed by atoms with E-state index in [1.165, 1.54) is 29.2 Å². The van der Waals surface area contributed by atoms with Gasteiger partial charge in [0.25, 0.3) is 5.69 Å². The molecular formula is C11H10N4O4. The Balaban J connectivity index is 2.23. The molecule has 0 aliphatic heterocycles. The summed E-state index contributed by atoms with van der Waals surface area (Å²) in [6.45, 7) is 1.99. The highest BCUT2D eigenvalue weighted by atomic mass is 16.6. The fourth-order valence-corrected chi connectivity index (χ4v) is 1.39. The Labute approximate surface area is 107 Å². The molecule has 2 heterocycles. The number of carbonyl (C=O) groups excluding carboxylic acids is 1. The molecule has 0 N–H and O–H groups in total. The number of nitro groups is 1. The molecule has 0 saturated carbocycles. The number of rotatable bonds is 4. The molecule has 98 valence electrons. The van der Waals surface area contributed by atoms with Crippen molar-refractivity contribution in [2.45, 2.75) is 6.92 Å². The van der Waals surface area contributed by atoms with Crippen molar-refractivity contribution < 1.29 is 14.5 Å². The van der Waals surface area contributed by atoms with Crippen LogP contribution in [0.1, 0.15) is 17.3 Å². The van der Waals surface area contributed by atoms with Crippen LogP contribution in [0.2, 0.25) is 0 Å². The van der Waals surface area contributed by atoms with E-state index < -0.39 is 10.9 Å². The summed E-state index contributed by atoms with van der Waals surface area (Å²) in [5.74, 6) is -0.100. The van der Waals surface area contributed by atoms with E-state index in [1.54, 1.807) is 6.92 Å². The van der Waals surface area contributed by atoms with Gasteiger partial charge < -0.3 is 4.74 Å². The van der Waals surface area contributed by atoms with E-state index in [9.17, 15) is 14.9 Å². The number of esters is 1. The first-order chi connectivity index (χ1) is 9.11. The highest BCUT2D eigenvalue weighted by Crippen LogP contribution is 2.12. The van der Waals surface area contributed by atoms with Crippen molar-refractivity contribution in [2.75, 3.05) is 6.61 Å². The van der Waals surface area contributed by atoms with Gasteiger partial charge in [0.2, 0.25) is 0 Å². The molecule has 0 atom stereocenters. The largest absolute Gasteiger partial charge is 0.462 e. The minimum absolute atomic E-state index is 0.110. The standard InChI is InChI=1S/C11H10N4O4/c1-2-19-11(16)8-5-13-14(7-8)10-4-3-9(6-12-10)15(17)18/h3-7H,2H2,1H3. The molecule has 19 heavy (non-hydrogen) atoms. The van der Waals surface area contributed by atoms with Crippen molar-refractivity contribution in [1.82, 2.24) is 14.8 Å². The molecule has 0 radical (unpaired) electrons. The summed E-state index contributed by atoms with van der Waals surface area (Å²) in [4.78, 5) is 25.3. The fourth-order valence-electron chi connectivity index (χ4n) is 1.39. The van der Waals surface area contributed by atoms with Crippen LogP contribution in [0.5, 0.6) is 0 Å². The van der Waals surface area contributed by atoms with Crippen molar-refractivity contribution in [3.8, 4) is 5.82 Å². The Bertz CT molecular complexity index is 605. The third kappa shape index (κ3) is 2.73. The van der Waals surface area contributed by atoms with Gasteiger partial charge in [-0.05, 0) is 13.0 Å².